The van der Waals surface area contributed by atoms with Crippen molar-refractivity contribution < 1.29 is 13.2 Å². The number of nitrogens with zero attached hydrogens (tertiary/aromatic N) is 2. The highest BCUT2D eigenvalue weighted by Gasteiger charge is 2.34. The van der Waals surface area contributed by atoms with Gasteiger partial charge in [-0.3, -0.25) is 0 Å². The number of aromatic nitrogens is 1. The molecule has 2 heterocycles. The van der Waals surface area contributed by atoms with Gasteiger partial charge in [0.25, 0.3) is 10.0 Å². The van der Waals surface area contributed by atoms with Crippen LogP contribution in [0.15, 0.2) is 41.3 Å². The van der Waals surface area contributed by atoms with Gasteiger partial charge < -0.3 is 4.74 Å². The van der Waals surface area contributed by atoms with Crippen molar-refractivity contribution in [1.29, 1.82) is 0 Å². The standard InChI is InChI=1S/C21H22N2O3S/c1-13-9-14(2)20(15(3)10-13)27(24,25)23-8-7-17-11-16-5-6-18(26-4)12-19(16)22-21(17)23/h5-6,9-12H,7-8H2,1-4H3. The second-order valence-corrected chi connectivity index (χ2v) is 8.88. The first kappa shape index (κ1) is 17.8. The van der Waals surface area contributed by atoms with Crippen LogP contribution < -0.4 is 9.04 Å². The summed E-state index contributed by atoms with van der Waals surface area (Å²) in [6.45, 7) is 6.08. The van der Waals surface area contributed by atoms with Crippen LogP contribution in [0.2, 0.25) is 0 Å². The molecular weight excluding hydrogens is 360 g/mol. The number of hydrogen-bond donors (Lipinski definition) is 0. The maximum absolute atomic E-state index is 13.5. The molecule has 4 rings (SSSR count). The van der Waals surface area contributed by atoms with Crippen LogP contribution in [0.1, 0.15) is 22.3 Å². The van der Waals surface area contributed by atoms with Crippen LogP contribution >= 0.6 is 0 Å². The number of anilines is 1. The Morgan fingerprint density at radius 3 is 2.41 bits per heavy atom. The monoisotopic (exact) mass is 382 g/mol. The van der Waals surface area contributed by atoms with Crippen molar-refractivity contribution in [2.75, 3.05) is 18.0 Å². The summed E-state index contributed by atoms with van der Waals surface area (Å²) in [6, 6.07) is 11.5. The second-order valence-electron chi connectivity index (χ2n) is 7.08. The lowest BCUT2D eigenvalue weighted by atomic mass is 10.1. The Morgan fingerprint density at radius 2 is 1.74 bits per heavy atom. The van der Waals surface area contributed by atoms with E-state index in [2.05, 4.69) is 4.98 Å². The predicted octanol–water partition coefficient (Wildman–Crippen LogP) is 3.92. The molecule has 1 aliphatic rings. The molecule has 0 unspecified atom stereocenters. The smallest absolute Gasteiger partial charge is 0.266 e. The third kappa shape index (κ3) is 2.84. The van der Waals surface area contributed by atoms with E-state index in [0.717, 1.165) is 33.2 Å². The molecule has 0 saturated carbocycles. The largest absolute Gasteiger partial charge is 0.497 e. The van der Waals surface area contributed by atoms with Gasteiger partial charge in [0.15, 0.2) is 0 Å². The van der Waals surface area contributed by atoms with Crippen LogP contribution in [0, 0.1) is 20.8 Å². The van der Waals surface area contributed by atoms with Gasteiger partial charge in [-0.15, -0.1) is 0 Å². The number of benzene rings is 2. The molecule has 6 heteroatoms. The summed E-state index contributed by atoms with van der Waals surface area (Å²) in [6.07, 6.45) is 0.660. The molecule has 0 saturated heterocycles. The van der Waals surface area contributed by atoms with Gasteiger partial charge >= 0.3 is 0 Å². The molecule has 0 bridgehead atoms. The zero-order valence-electron chi connectivity index (χ0n) is 15.9. The molecule has 0 aliphatic carbocycles. The van der Waals surface area contributed by atoms with Crippen molar-refractivity contribution in [1.82, 2.24) is 4.98 Å². The maximum atomic E-state index is 13.5. The van der Waals surface area contributed by atoms with Gasteiger partial charge in [-0.1, -0.05) is 17.7 Å². The van der Waals surface area contributed by atoms with E-state index in [4.69, 9.17) is 4.74 Å². The van der Waals surface area contributed by atoms with Crippen molar-refractivity contribution >= 4 is 26.7 Å². The molecule has 140 valence electrons. The molecule has 27 heavy (non-hydrogen) atoms. The van der Waals surface area contributed by atoms with E-state index in [-0.39, 0.29) is 0 Å². The molecule has 0 atom stereocenters. The molecule has 0 fully saturated rings. The molecule has 2 aromatic carbocycles. The van der Waals surface area contributed by atoms with Gasteiger partial charge in [0.05, 0.1) is 17.5 Å². The Kier molecular flexibility index (Phi) is 4.11. The number of pyridine rings is 1. The Morgan fingerprint density at radius 1 is 1.04 bits per heavy atom. The summed E-state index contributed by atoms with van der Waals surface area (Å²) in [5.41, 5.74) is 4.28. The van der Waals surface area contributed by atoms with Gasteiger partial charge in [-0.2, -0.15) is 0 Å². The number of hydrogen-bond acceptors (Lipinski definition) is 4. The fourth-order valence-electron chi connectivity index (χ4n) is 3.95. The van der Waals surface area contributed by atoms with Crippen LogP contribution in [-0.2, 0) is 16.4 Å². The molecule has 1 aliphatic heterocycles. The first-order chi connectivity index (χ1) is 12.8. The minimum Gasteiger partial charge on any atom is -0.497 e. The van der Waals surface area contributed by atoms with E-state index in [1.165, 1.54) is 4.31 Å². The van der Waals surface area contributed by atoms with Crippen molar-refractivity contribution in [3.63, 3.8) is 0 Å². The van der Waals surface area contributed by atoms with Crippen LogP contribution in [0.5, 0.6) is 5.75 Å². The summed E-state index contributed by atoms with van der Waals surface area (Å²) in [7, 11) is -2.07. The molecule has 1 aromatic heterocycles. The van der Waals surface area contributed by atoms with Crippen molar-refractivity contribution in [3.8, 4) is 5.75 Å². The van der Waals surface area contributed by atoms with Crippen molar-refractivity contribution in [2.24, 2.45) is 0 Å². The fraction of sp³-hybridized carbons (Fsp3) is 0.286. The van der Waals surface area contributed by atoms with Gasteiger partial charge in [-0.25, -0.2) is 17.7 Å². The molecular formula is C21H22N2O3S. The van der Waals surface area contributed by atoms with Crippen molar-refractivity contribution in [2.45, 2.75) is 32.1 Å². The van der Waals surface area contributed by atoms with Crippen molar-refractivity contribution in [3.05, 3.63) is 58.7 Å². The maximum Gasteiger partial charge on any atom is 0.266 e. The van der Waals surface area contributed by atoms with Gasteiger partial charge in [0, 0.05) is 18.0 Å². The number of methoxy groups -OCH3 is 1. The average Bonchev–Trinajstić information content (AvgIpc) is 3.01. The Balaban J connectivity index is 1.87. The summed E-state index contributed by atoms with van der Waals surface area (Å²) in [5, 5.41) is 0.983. The van der Waals surface area contributed by atoms with Crippen LogP contribution in [-0.4, -0.2) is 27.1 Å². The SMILES string of the molecule is COc1ccc2cc3c(nc2c1)N(S(=O)(=O)c1c(C)cc(C)cc1C)CC3. The number of fused-ring (bicyclic) bond motifs is 2. The van der Waals surface area contributed by atoms with Gasteiger partial charge in [-0.05, 0) is 62.1 Å². The zero-order chi connectivity index (χ0) is 19.3. The van der Waals surface area contributed by atoms with Gasteiger partial charge in [0.1, 0.15) is 11.6 Å². The first-order valence-electron chi connectivity index (χ1n) is 8.89. The molecule has 0 N–H and O–H groups in total. The summed E-state index contributed by atoms with van der Waals surface area (Å²) < 4.78 is 33.7. The Bertz CT molecular complexity index is 1150. The van der Waals surface area contributed by atoms with Crippen LogP contribution in [0.25, 0.3) is 10.9 Å². The molecule has 3 aromatic rings. The van der Waals surface area contributed by atoms with Crippen LogP contribution in [0.4, 0.5) is 5.82 Å². The van der Waals surface area contributed by atoms with E-state index in [9.17, 15) is 8.42 Å². The van der Waals surface area contributed by atoms with E-state index in [0.29, 0.717) is 29.4 Å². The fourth-order valence-corrected chi connectivity index (χ4v) is 5.82. The normalized spacial score (nSPS) is 13.9. The van der Waals surface area contributed by atoms with E-state index in [1.807, 2.05) is 57.2 Å². The zero-order valence-corrected chi connectivity index (χ0v) is 16.7. The number of ether oxygens (including phenoxy) is 1. The number of rotatable bonds is 3. The quantitative estimate of drug-likeness (QED) is 0.689. The van der Waals surface area contributed by atoms with E-state index < -0.39 is 10.0 Å². The lowest BCUT2D eigenvalue weighted by molar-refractivity contribution is 0.415. The molecule has 5 nitrogen and oxygen atoms in total. The summed E-state index contributed by atoms with van der Waals surface area (Å²) >= 11 is 0. The lowest BCUT2D eigenvalue weighted by Crippen LogP contribution is -2.31. The first-order valence-corrected chi connectivity index (χ1v) is 10.3. The minimum atomic E-state index is -3.67. The highest BCUT2D eigenvalue weighted by Crippen LogP contribution is 2.36. The topological polar surface area (TPSA) is 59.5 Å². The lowest BCUT2D eigenvalue weighted by Gasteiger charge is -2.22. The van der Waals surface area contributed by atoms with Crippen LogP contribution in [0.3, 0.4) is 0 Å². The summed E-state index contributed by atoms with van der Waals surface area (Å²) in [5.74, 6) is 1.22. The Labute approximate surface area is 159 Å². The van der Waals surface area contributed by atoms with Gasteiger partial charge in [0.2, 0.25) is 0 Å². The Hall–Kier alpha value is -2.60. The number of aryl methyl sites for hydroxylation is 3. The second kappa shape index (κ2) is 6.23. The van der Waals surface area contributed by atoms with E-state index >= 15 is 0 Å². The highest BCUT2D eigenvalue weighted by atomic mass is 32.2. The number of sulfonamides is 1. The van der Waals surface area contributed by atoms with E-state index in [1.54, 1.807) is 7.11 Å². The average molecular weight is 382 g/mol. The molecule has 0 amide bonds. The molecule has 0 radical (unpaired) electrons. The third-order valence-electron chi connectivity index (χ3n) is 5.05. The minimum absolute atomic E-state index is 0.383. The highest BCUT2D eigenvalue weighted by molar-refractivity contribution is 7.93. The molecule has 0 spiro atoms. The predicted molar refractivity (Wildman–Crippen MR) is 107 cm³/mol. The third-order valence-corrected chi connectivity index (χ3v) is 7.15. The summed E-state index contributed by atoms with van der Waals surface area (Å²) in [4.78, 5) is 5.06.